The Bertz CT molecular complexity index is 902. The number of hydrogen-bond donors (Lipinski definition) is 3. The van der Waals surface area contributed by atoms with E-state index in [-0.39, 0.29) is 11.8 Å². The number of carbonyl (C=O) groups is 1. The number of hydrogen-bond acceptors (Lipinski definition) is 3. The number of carbonyl (C=O) groups excluding carboxylic acids is 1. The Morgan fingerprint density at radius 2 is 1.68 bits per heavy atom. The monoisotopic (exact) mass is 400 g/mol. The number of benzene rings is 2. The number of nitrogens with one attached hydrogen (secondary N) is 2. The van der Waals surface area contributed by atoms with E-state index < -0.39 is 5.60 Å². The number of amides is 2. The Labute approximate surface area is 169 Å². The fraction of sp³-hybridized carbons (Fsp3) is 0.409. The normalized spacial score (nSPS) is 15.3. The fourth-order valence-corrected chi connectivity index (χ4v) is 4.82. The first-order chi connectivity index (χ1) is 13.3. The molecule has 0 unspecified atom stereocenters. The van der Waals surface area contributed by atoms with Crippen LogP contribution in [0, 0.1) is 5.82 Å². The summed E-state index contributed by atoms with van der Waals surface area (Å²) < 4.78 is 17.6. The van der Waals surface area contributed by atoms with Gasteiger partial charge in [0.2, 0.25) is 0 Å². The van der Waals surface area contributed by atoms with Gasteiger partial charge in [0, 0.05) is 10.6 Å². The summed E-state index contributed by atoms with van der Waals surface area (Å²) in [5.74, 6) is -0.0382. The summed E-state index contributed by atoms with van der Waals surface area (Å²) in [6, 6.07) is 7.14. The van der Waals surface area contributed by atoms with Gasteiger partial charge in [-0.25, -0.2) is 9.18 Å². The maximum Gasteiger partial charge on any atom is 0.329 e. The average molecular weight is 401 g/mol. The molecule has 28 heavy (non-hydrogen) atoms. The molecule has 4 rings (SSSR count). The van der Waals surface area contributed by atoms with Crippen molar-refractivity contribution in [1.82, 2.24) is 4.72 Å². The Hall–Kier alpha value is -2.05. The fourth-order valence-electron chi connectivity index (χ4n) is 4.22. The van der Waals surface area contributed by atoms with Crippen LogP contribution >= 0.6 is 11.9 Å². The van der Waals surface area contributed by atoms with Gasteiger partial charge >= 0.3 is 6.03 Å². The molecule has 2 aliphatic rings. The summed E-state index contributed by atoms with van der Waals surface area (Å²) in [5, 5.41) is 13.1. The molecule has 0 radical (unpaired) electrons. The highest BCUT2D eigenvalue weighted by molar-refractivity contribution is 7.98. The van der Waals surface area contributed by atoms with Crippen LogP contribution in [0.15, 0.2) is 29.2 Å². The van der Waals surface area contributed by atoms with Crippen LogP contribution in [0.1, 0.15) is 54.5 Å². The van der Waals surface area contributed by atoms with Crippen LogP contribution in [0.5, 0.6) is 0 Å². The van der Waals surface area contributed by atoms with Crippen molar-refractivity contribution in [1.29, 1.82) is 0 Å². The predicted molar refractivity (Wildman–Crippen MR) is 110 cm³/mol. The number of halogens is 1. The van der Waals surface area contributed by atoms with Crippen molar-refractivity contribution in [3.05, 3.63) is 57.9 Å². The van der Waals surface area contributed by atoms with Crippen molar-refractivity contribution in [2.75, 3.05) is 5.32 Å². The Balaban J connectivity index is 1.50. The minimum absolute atomic E-state index is 0.0382. The summed E-state index contributed by atoms with van der Waals surface area (Å²) in [7, 11) is 0. The molecule has 6 heteroatoms. The second kappa shape index (κ2) is 7.41. The molecule has 0 aromatic heterocycles. The van der Waals surface area contributed by atoms with E-state index in [4.69, 9.17) is 0 Å². The molecule has 0 fully saturated rings. The van der Waals surface area contributed by atoms with Crippen molar-refractivity contribution in [3.8, 4) is 0 Å². The first-order valence-electron chi connectivity index (χ1n) is 9.76. The second-order valence-electron chi connectivity index (χ2n) is 8.06. The van der Waals surface area contributed by atoms with Gasteiger partial charge in [0.05, 0.1) is 5.60 Å². The van der Waals surface area contributed by atoms with Gasteiger partial charge in [0.25, 0.3) is 0 Å². The number of rotatable bonds is 4. The van der Waals surface area contributed by atoms with Crippen LogP contribution in [0.4, 0.5) is 14.9 Å². The Morgan fingerprint density at radius 1 is 1.07 bits per heavy atom. The van der Waals surface area contributed by atoms with E-state index in [9.17, 15) is 14.3 Å². The zero-order valence-corrected chi connectivity index (χ0v) is 17.0. The molecule has 148 valence electrons. The first kappa shape index (κ1) is 19.3. The molecule has 2 aromatic carbocycles. The number of fused-ring (bicyclic) bond motifs is 2. The van der Waals surface area contributed by atoms with Gasteiger partial charge in [-0.05, 0) is 104 Å². The van der Waals surface area contributed by atoms with E-state index in [1.807, 2.05) is 24.3 Å². The topological polar surface area (TPSA) is 61.4 Å². The Kier molecular flexibility index (Phi) is 5.10. The largest absolute Gasteiger partial charge is 0.386 e. The van der Waals surface area contributed by atoms with Crippen LogP contribution in [0.3, 0.4) is 0 Å². The lowest BCUT2D eigenvalue weighted by atomic mass is 9.98. The van der Waals surface area contributed by atoms with Crippen molar-refractivity contribution < 1.29 is 14.3 Å². The minimum atomic E-state index is -0.936. The molecular weight excluding hydrogens is 375 g/mol. The third kappa shape index (κ3) is 3.63. The van der Waals surface area contributed by atoms with Gasteiger partial charge in [0.1, 0.15) is 5.82 Å². The third-order valence-corrected chi connectivity index (χ3v) is 6.39. The molecule has 4 nitrogen and oxygen atoms in total. The highest BCUT2D eigenvalue weighted by atomic mass is 32.2. The first-order valence-corrected chi connectivity index (χ1v) is 10.6. The smallest absolute Gasteiger partial charge is 0.329 e. The molecule has 0 saturated carbocycles. The summed E-state index contributed by atoms with van der Waals surface area (Å²) in [6.45, 7) is 3.46. The van der Waals surface area contributed by atoms with Crippen molar-refractivity contribution in [3.63, 3.8) is 0 Å². The van der Waals surface area contributed by atoms with E-state index in [0.717, 1.165) is 76.9 Å². The maximum atomic E-state index is 14.7. The predicted octanol–water partition coefficient (Wildman–Crippen LogP) is 4.86. The van der Waals surface area contributed by atoms with Gasteiger partial charge in [-0.15, -0.1) is 0 Å². The zero-order chi connectivity index (χ0) is 19.9. The molecule has 0 aliphatic heterocycles. The van der Waals surface area contributed by atoms with Gasteiger partial charge in [0.15, 0.2) is 0 Å². The van der Waals surface area contributed by atoms with Crippen LogP contribution < -0.4 is 10.0 Å². The second-order valence-corrected chi connectivity index (χ2v) is 8.94. The van der Waals surface area contributed by atoms with E-state index >= 15 is 0 Å². The average Bonchev–Trinajstić information content (AvgIpc) is 3.33. The summed E-state index contributed by atoms with van der Waals surface area (Å²) in [5.41, 5.74) is 4.21. The Morgan fingerprint density at radius 3 is 2.29 bits per heavy atom. The lowest BCUT2D eigenvalue weighted by Gasteiger charge is -2.19. The van der Waals surface area contributed by atoms with Gasteiger partial charge in [-0.1, -0.05) is 12.1 Å². The minimum Gasteiger partial charge on any atom is -0.386 e. The molecule has 0 heterocycles. The maximum absolute atomic E-state index is 14.7. The summed E-state index contributed by atoms with van der Waals surface area (Å²) in [4.78, 5) is 13.4. The van der Waals surface area contributed by atoms with Gasteiger partial charge in [-0.2, -0.15) is 0 Å². The lowest BCUT2D eigenvalue weighted by molar-refractivity contribution is 0.0784. The van der Waals surface area contributed by atoms with E-state index in [0.29, 0.717) is 0 Å². The molecule has 0 bridgehead atoms. The molecule has 0 atom stereocenters. The van der Waals surface area contributed by atoms with Crippen molar-refractivity contribution in [2.24, 2.45) is 0 Å². The van der Waals surface area contributed by atoms with E-state index in [1.165, 1.54) is 11.9 Å². The van der Waals surface area contributed by atoms with Crippen LogP contribution in [0.25, 0.3) is 0 Å². The number of anilines is 1. The van der Waals surface area contributed by atoms with Gasteiger partial charge in [-0.3, -0.25) is 4.72 Å². The number of aliphatic hydroxyl groups is 1. The molecule has 3 N–H and O–H groups in total. The summed E-state index contributed by atoms with van der Waals surface area (Å²) in [6.07, 6.45) is 5.01. The molecule has 2 amide bonds. The molecule has 0 spiro atoms. The molecule has 0 saturated heterocycles. The van der Waals surface area contributed by atoms with Gasteiger partial charge < -0.3 is 10.4 Å². The zero-order valence-electron chi connectivity index (χ0n) is 16.2. The quantitative estimate of drug-likeness (QED) is 0.643. The summed E-state index contributed by atoms with van der Waals surface area (Å²) >= 11 is 1.20. The highest BCUT2D eigenvalue weighted by Crippen LogP contribution is 2.41. The molecule has 2 aliphatic carbocycles. The SMILES string of the molecule is CC(C)(O)c1cccc(SNC(=O)Nc2c3c(c(F)c4c2CCC4)CCC3)c1. The van der Waals surface area contributed by atoms with E-state index in [2.05, 4.69) is 10.0 Å². The molecular formula is C22H25FN2O2S. The highest BCUT2D eigenvalue weighted by Gasteiger charge is 2.29. The molecule has 2 aromatic rings. The third-order valence-electron chi connectivity index (χ3n) is 5.61. The van der Waals surface area contributed by atoms with Crippen LogP contribution in [-0.2, 0) is 31.3 Å². The van der Waals surface area contributed by atoms with Crippen molar-refractivity contribution in [2.45, 2.75) is 62.9 Å². The van der Waals surface area contributed by atoms with Crippen LogP contribution in [-0.4, -0.2) is 11.1 Å². The standard InChI is InChI=1S/C22H25FN2O2S/c1-22(2,27)13-6-3-7-14(12-13)28-25-21(26)24-20-17-10-4-8-15(17)19(23)16-9-5-11-18(16)20/h3,6-7,12,27H,4-5,8-11H2,1-2H3,(H2,24,25,26). The number of urea groups is 1. The van der Waals surface area contributed by atoms with Crippen molar-refractivity contribution >= 4 is 23.7 Å². The van der Waals surface area contributed by atoms with E-state index in [1.54, 1.807) is 13.8 Å². The lowest BCUT2D eigenvalue weighted by Crippen LogP contribution is -2.24. The van der Waals surface area contributed by atoms with Crippen LogP contribution in [0.2, 0.25) is 0 Å².